The molecule has 0 bridgehead atoms. The molecule has 24 heavy (non-hydrogen) atoms. The van der Waals surface area contributed by atoms with Crippen LogP contribution in [0.5, 0.6) is 0 Å². The molecular weight excluding hydrogens is 332 g/mol. The number of hydrogen-bond acceptors (Lipinski definition) is 5. The number of benzene rings is 1. The molecule has 0 spiro atoms. The lowest BCUT2D eigenvalue weighted by Crippen LogP contribution is -2.54. The molecule has 2 N–H and O–H groups in total. The number of fused-ring (bicyclic) bond motifs is 1. The SMILES string of the molecule is O=C(O)CC1(NC(=O)CN2C(=O)CSc3ccccc32)CCOC1. The van der Waals surface area contributed by atoms with Crippen LogP contribution in [0.3, 0.4) is 0 Å². The molecule has 0 aromatic heterocycles. The monoisotopic (exact) mass is 350 g/mol. The number of amides is 2. The van der Waals surface area contributed by atoms with Crippen LogP contribution in [0.25, 0.3) is 0 Å². The minimum Gasteiger partial charge on any atom is -0.481 e. The van der Waals surface area contributed by atoms with Gasteiger partial charge in [0.2, 0.25) is 11.8 Å². The molecule has 1 aromatic carbocycles. The van der Waals surface area contributed by atoms with Gasteiger partial charge < -0.3 is 20.1 Å². The minimum absolute atomic E-state index is 0.127. The number of carbonyl (C=O) groups excluding carboxylic acids is 2. The summed E-state index contributed by atoms with van der Waals surface area (Å²) in [5.74, 6) is -1.22. The van der Waals surface area contributed by atoms with Crippen LogP contribution in [0.4, 0.5) is 5.69 Å². The molecule has 7 nitrogen and oxygen atoms in total. The van der Waals surface area contributed by atoms with Crippen molar-refractivity contribution in [1.29, 1.82) is 0 Å². The van der Waals surface area contributed by atoms with Crippen LogP contribution in [-0.2, 0) is 19.1 Å². The first kappa shape index (κ1) is 16.8. The highest BCUT2D eigenvalue weighted by atomic mass is 32.2. The van der Waals surface area contributed by atoms with Crippen molar-refractivity contribution < 1.29 is 24.2 Å². The highest BCUT2D eigenvalue weighted by Crippen LogP contribution is 2.34. The van der Waals surface area contributed by atoms with Crippen LogP contribution in [0.1, 0.15) is 12.8 Å². The quantitative estimate of drug-likeness (QED) is 0.818. The third kappa shape index (κ3) is 3.54. The average Bonchev–Trinajstić information content (AvgIpc) is 2.97. The Bertz CT molecular complexity index is 672. The Labute approximate surface area is 143 Å². The van der Waals surface area contributed by atoms with Gasteiger partial charge in [-0.2, -0.15) is 0 Å². The molecule has 128 valence electrons. The summed E-state index contributed by atoms with van der Waals surface area (Å²) in [7, 11) is 0. The van der Waals surface area contributed by atoms with E-state index < -0.39 is 11.5 Å². The highest BCUT2D eigenvalue weighted by molar-refractivity contribution is 8.00. The summed E-state index contributed by atoms with van der Waals surface area (Å²) in [5.41, 5.74) is -0.181. The number of carbonyl (C=O) groups is 3. The summed E-state index contributed by atoms with van der Waals surface area (Å²) in [4.78, 5) is 38.1. The zero-order chi connectivity index (χ0) is 17.2. The van der Waals surface area contributed by atoms with Crippen LogP contribution in [0, 0.1) is 0 Å². The lowest BCUT2D eigenvalue weighted by Gasteiger charge is -2.31. The molecule has 1 saturated heterocycles. The van der Waals surface area contributed by atoms with Crippen molar-refractivity contribution in [3.63, 3.8) is 0 Å². The van der Waals surface area contributed by atoms with Crippen molar-refractivity contribution in [2.75, 3.05) is 30.4 Å². The number of rotatable bonds is 5. The van der Waals surface area contributed by atoms with E-state index in [4.69, 9.17) is 9.84 Å². The van der Waals surface area contributed by atoms with Gasteiger partial charge in [0.15, 0.2) is 0 Å². The standard InChI is InChI=1S/C16H18N2O5S/c19-13(17-16(7-15(21)22)5-6-23-10-16)8-18-11-3-1-2-4-12(11)24-9-14(18)20/h1-4H,5-10H2,(H,17,19)(H,21,22). The predicted molar refractivity (Wildman–Crippen MR) is 88.1 cm³/mol. The fourth-order valence-electron chi connectivity index (χ4n) is 2.99. The number of para-hydroxylation sites is 1. The summed E-state index contributed by atoms with van der Waals surface area (Å²) in [5, 5.41) is 11.8. The summed E-state index contributed by atoms with van der Waals surface area (Å²) >= 11 is 1.45. The maximum atomic E-state index is 12.4. The molecule has 8 heteroatoms. The molecule has 2 heterocycles. The second-order valence-corrected chi connectivity index (χ2v) is 6.96. The van der Waals surface area contributed by atoms with Crippen molar-refractivity contribution in [2.45, 2.75) is 23.3 Å². The minimum atomic E-state index is -0.989. The molecule has 3 rings (SSSR count). The van der Waals surface area contributed by atoms with E-state index in [0.29, 0.717) is 18.7 Å². The maximum absolute atomic E-state index is 12.4. The number of nitrogens with zero attached hydrogens (tertiary/aromatic N) is 1. The Morgan fingerprint density at radius 2 is 2.17 bits per heavy atom. The Morgan fingerprint density at radius 3 is 2.88 bits per heavy atom. The van der Waals surface area contributed by atoms with Crippen LogP contribution < -0.4 is 10.2 Å². The maximum Gasteiger partial charge on any atom is 0.305 e. The molecular formula is C16H18N2O5S. The normalized spacial score (nSPS) is 23.0. The molecule has 1 fully saturated rings. The molecule has 2 aliphatic heterocycles. The first-order valence-corrected chi connectivity index (χ1v) is 8.60. The van der Waals surface area contributed by atoms with Gasteiger partial charge in [0.25, 0.3) is 0 Å². The van der Waals surface area contributed by atoms with Gasteiger partial charge in [0.05, 0.1) is 30.0 Å². The molecule has 0 saturated carbocycles. The van der Waals surface area contributed by atoms with Gasteiger partial charge in [-0.15, -0.1) is 11.8 Å². The number of thioether (sulfide) groups is 1. The topological polar surface area (TPSA) is 95.9 Å². The molecule has 1 atom stereocenters. The van der Waals surface area contributed by atoms with Gasteiger partial charge in [-0.1, -0.05) is 12.1 Å². The number of hydrogen-bond donors (Lipinski definition) is 2. The molecule has 0 radical (unpaired) electrons. The van der Waals surface area contributed by atoms with E-state index in [-0.39, 0.29) is 37.1 Å². The van der Waals surface area contributed by atoms with Gasteiger partial charge in [-0.3, -0.25) is 14.4 Å². The van der Waals surface area contributed by atoms with Crippen LogP contribution in [0.15, 0.2) is 29.2 Å². The van der Waals surface area contributed by atoms with E-state index in [9.17, 15) is 14.4 Å². The van der Waals surface area contributed by atoms with Gasteiger partial charge in [-0.05, 0) is 18.6 Å². The van der Waals surface area contributed by atoms with E-state index in [1.165, 1.54) is 16.7 Å². The highest BCUT2D eigenvalue weighted by Gasteiger charge is 2.39. The third-order valence-electron chi connectivity index (χ3n) is 4.11. The van der Waals surface area contributed by atoms with Crippen molar-refractivity contribution in [3.8, 4) is 0 Å². The Balaban J connectivity index is 1.72. The van der Waals surface area contributed by atoms with E-state index in [1.54, 1.807) is 6.07 Å². The second kappa shape index (κ2) is 6.82. The number of ether oxygens (including phenoxy) is 1. The van der Waals surface area contributed by atoms with Crippen molar-refractivity contribution in [2.24, 2.45) is 0 Å². The van der Waals surface area contributed by atoms with Crippen LogP contribution in [-0.4, -0.2) is 53.9 Å². The number of aliphatic carboxylic acids is 1. The van der Waals surface area contributed by atoms with E-state index in [1.807, 2.05) is 18.2 Å². The van der Waals surface area contributed by atoms with Crippen molar-refractivity contribution >= 4 is 35.2 Å². The first-order valence-electron chi connectivity index (χ1n) is 7.62. The van der Waals surface area contributed by atoms with Crippen molar-refractivity contribution in [3.05, 3.63) is 24.3 Å². The van der Waals surface area contributed by atoms with Gasteiger partial charge in [-0.25, -0.2) is 0 Å². The van der Waals surface area contributed by atoms with Gasteiger partial charge in [0.1, 0.15) is 6.54 Å². The average molecular weight is 350 g/mol. The van der Waals surface area contributed by atoms with Crippen LogP contribution >= 0.6 is 11.8 Å². The number of carboxylic acid groups (broad SMARTS) is 1. The summed E-state index contributed by atoms with van der Waals surface area (Å²) in [6.07, 6.45) is 0.255. The zero-order valence-corrected chi connectivity index (χ0v) is 13.8. The summed E-state index contributed by atoms with van der Waals surface area (Å²) in [6, 6.07) is 7.42. The Hall–Kier alpha value is -2.06. The number of nitrogens with one attached hydrogen (secondary N) is 1. The van der Waals surface area contributed by atoms with E-state index in [2.05, 4.69) is 5.32 Å². The second-order valence-electron chi connectivity index (χ2n) is 5.94. The third-order valence-corrected chi connectivity index (χ3v) is 5.15. The number of carboxylic acids is 1. The Kier molecular flexibility index (Phi) is 4.77. The predicted octanol–water partition coefficient (Wildman–Crippen LogP) is 0.875. The number of anilines is 1. The van der Waals surface area contributed by atoms with E-state index >= 15 is 0 Å². The largest absolute Gasteiger partial charge is 0.481 e. The first-order chi connectivity index (χ1) is 11.5. The molecule has 1 unspecified atom stereocenters. The molecule has 1 aromatic rings. The lowest BCUT2D eigenvalue weighted by atomic mass is 9.94. The Morgan fingerprint density at radius 1 is 1.38 bits per heavy atom. The lowest BCUT2D eigenvalue weighted by molar-refractivity contribution is -0.139. The van der Waals surface area contributed by atoms with Gasteiger partial charge in [0, 0.05) is 11.5 Å². The van der Waals surface area contributed by atoms with Gasteiger partial charge >= 0.3 is 5.97 Å². The fraction of sp³-hybridized carbons (Fsp3) is 0.438. The smallest absolute Gasteiger partial charge is 0.305 e. The van der Waals surface area contributed by atoms with E-state index in [0.717, 1.165) is 4.90 Å². The molecule has 2 aliphatic rings. The fourth-order valence-corrected chi connectivity index (χ4v) is 3.92. The summed E-state index contributed by atoms with van der Waals surface area (Å²) < 4.78 is 5.27. The molecule has 0 aliphatic carbocycles. The zero-order valence-electron chi connectivity index (χ0n) is 13.0. The van der Waals surface area contributed by atoms with Crippen LogP contribution in [0.2, 0.25) is 0 Å². The van der Waals surface area contributed by atoms with Crippen molar-refractivity contribution in [1.82, 2.24) is 5.32 Å². The summed E-state index contributed by atoms with van der Waals surface area (Å²) in [6.45, 7) is 0.457. The molecule has 2 amide bonds.